The summed E-state index contributed by atoms with van der Waals surface area (Å²) in [6, 6.07) is 3.95. The molecule has 0 atom stereocenters. The quantitative estimate of drug-likeness (QED) is 0.590. The van der Waals surface area contributed by atoms with Crippen LogP contribution in [0.2, 0.25) is 0 Å². The zero-order valence-electron chi connectivity index (χ0n) is 12.4. The molecule has 1 aliphatic rings. The first-order chi connectivity index (χ1) is 9.81. The molecule has 0 bridgehead atoms. The van der Waals surface area contributed by atoms with Crippen molar-refractivity contribution in [2.45, 2.75) is 33.2 Å². The van der Waals surface area contributed by atoms with Crippen molar-refractivity contribution in [2.24, 2.45) is 10.9 Å². The van der Waals surface area contributed by atoms with Crippen LogP contribution in [-0.2, 0) is 6.54 Å². The topological polar surface area (TPSA) is 58.5 Å². The average Bonchev–Trinajstić information content (AvgIpc) is 3.28. The molecule has 0 aliphatic heterocycles. The van der Waals surface area contributed by atoms with Crippen LogP contribution in [0.4, 0.5) is 0 Å². The first-order valence-electron chi connectivity index (χ1n) is 7.41. The first-order valence-corrected chi connectivity index (χ1v) is 7.41. The molecular formula is C15H24N4O. The molecule has 2 rings (SSSR count). The zero-order chi connectivity index (χ0) is 14.2. The minimum Gasteiger partial charge on any atom is -0.477 e. The maximum atomic E-state index is 5.68. The number of aliphatic imine (C=N–C) groups is 1. The van der Waals surface area contributed by atoms with Crippen LogP contribution >= 0.6 is 0 Å². The Kier molecular flexibility index (Phi) is 5.65. The minimum absolute atomic E-state index is 0.623. The molecule has 1 aliphatic carbocycles. The molecule has 1 aromatic rings. The lowest BCUT2D eigenvalue weighted by Crippen LogP contribution is -2.36. The summed E-state index contributed by atoms with van der Waals surface area (Å²) in [7, 11) is 0. The summed E-state index contributed by atoms with van der Waals surface area (Å²) in [4.78, 5) is 8.77. The van der Waals surface area contributed by atoms with E-state index in [1.807, 2.05) is 12.1 Å². The first kappa shape index (κ1) is 14.6. The van der Waals surface area contributed by atoms with Crippen LogP contribution in [0.5, 0.6) is 5.88 Å². The highest BCUT2D eigenvalue weighted by molar-refractivity contribution is 5.79. The highest BCUT2D eigenvalue weighted by Crippen LogP contribution is 2.29. The maximum Gasteiger partial charge on any atom is 0.213 e. The fourth-order valence-electron chi connectivity index (χ4n) is 1.80. The van der Waals surface area contributed by atoms with Crippen molar-refractivity contribution in [1.82, 2.24) is 15.6 Å². The van der Waals surface area contributed by atoms with Gasteiger partial charge in [-0.05, 0) is 44.2 Å². The predicted molar refractivity (Wildman–Crippen MR) is 80.9 cm³/mol. The van der Waals surface area contributed by atoms with Gasteiger partial charge in [0.1, 0.15) is 0 Å². The van der Waals surface area contributed by atoms with Gasteiger partial charge in [-0.25, -0.2) is 9.98 Å². The smallest absolute Gasteiger partial charge is 0.213 e. The number of ether oxygens (including phenoxy) is 1. The van der Waals surface area contributed by atoms with Gasteiger partial charge in [-0.15, -0.1) is 0 Å². The normalized spacial score (nSPS) is 13.7. The maximum absolute atomic E-state index is 5.68. The number of pyridine rings is 1. The summed E-state index contributed by atoms with van der Waals surface area (Å²) in [5.41, 5.74) is 1.11. The molecule has 20 heavy (non-hydrogen) atoms. The van der Waals surface area contributed by atoms with Crippen LogP contribution in [0, 0.1) is 5.92 Å². The summed E-state index contributed by atoms with van der Waals surface area (Å²) in [6.07, 6.45) is 4.37. The van der Waals surface area contributed by atoms with Crippen molar-refractivity contribution in [3.8, 4) is 5.88 Å². The molecule has 0 amide bonds. The number of hydrogen-bond acceptors (Lipinski definition) is 3. The summed E-state index contributed by atoms with van der Waals surface area (Å²) in [5, 5.41) is 6.42. The molecule has 110 valence electrons. The van der Waals surface area contributed by atoms with E-state index in [0.717, 1.165) is 37.1 Å². The summed E-state index contributed by atoms with van der Waals surface area (Å²) >= 11 is 0. The van der Waals surface area contributed by atoms with Crippen LogP contribution in [0.25, 0.3) is 0 Å². The van der Waals surface area contributed by atoms with Crippen molar-refractivity contribution in [3.63, 3.8) is 0 Å². The highest BCUT2D eigenvalue weighted by Gasteiger charge is 2.22. The summed E-state index contributed by atoms with van der Waals surface area (Å²) in [5.74, 6) is 2.29. The Labute approximate surface area is 120 Å². The van der Waals surface area contributed by atoms with Gasteiger partial charge in [-0.3, -0.25) is 0 Å². The van der Waals surface area contributed by atoms with Gasteiger partial charge in [-0.1, -0.05) is 0 Å². The van der Waals surface area contributed by atoms with Gasteiger partial charge in [0.2, 0.25) is 5.88 Å². The van der Waals surface area contributed by atoms with E-state index >= 15 is 0 Å². The van der Waals surface area contributed by atoms with Crippen LogP contribution in [0.15, 0.2) is 23.3 Å². The zero-order valence-corrected chi connectivity index (χ0v) is 12.4. The van der Waals surface area contributed by atoms with Gasteiger partial charge in [0, 0.05) is 25.4 Å². The Morgan fingerprint density at radius 2 is 2.10 bits per heavy atom. The van der Waals surface area contributed by atoms with Crippen LogP contribution in [0.3, 0.4) is 0 Å². The van der Waals surface area contributed by atoms with E-state index in [-0.39, 0.29) is 0 Å². The van der Waals surface area contributed by atoms with Gasteiger partial charge < -0.3 is 15.4 Å². The Balaban J connectivity index is 1.89. The van der Waals surface area contributed by atoms with Gasteiger partial charge >= 0.3 is 0 Å². The van der Waals surface area contributed by atoms with Crippen LogP contribution < -0.4 is 15.4 Å². The van der Waals surface area contributed by atoms with Crippen molar-refractivity contribution in [2.75, 3.05) is 19.7 Å². The molecule has 1 aromatic heterocycles. The van der Waals surface area contributed by atoms with E-state index in [2.05, 4.69) is 34.5 Å². The van der Waals surface area contributed by atoms with Crippen LogP contribution in [-0.4, -0.2) is 30.6 Å². The van der Waals surface area contributed by atoms with Crippen molar-refractivity contribution in [3.05, 3.63) is 23.9 Å². The fourth-order valence-corrected chi connectivity index (χ4v) is 1.80. The van der Waals surface area contributed by atoms with Gasteiger partial charge in [-0.2, -0.15) is 0 Å². The molecule has 0 unspecified atom stereocenters. The minimum atomic E-state index is 0.623. The van der Waals surface area contributed by atoms with Crippen molar-refractivity contribution in [1.29, 1.82) is 0 Å². The van der Waals surface area contributed by atoms with E-state index in [1.165, 1.54) is 12.8 Å². The number of nitrogens with zero attached hydrogens (tertiary/aromatic N) is 2. The Hall–Kier alpha value is -1.78. The van der Waals surface area contributed by atoms with E-state index in [1.54, 1.807) is 6.20 Å². The van der Waals surface area contributed by atoms with E-state index in [9.17, 15) is 0 Å². The predicted octanol–water partition coefficient (Wildman–Crippen LogP) is 1.95. The Morgan fingerprint density at radius 3 is 2.75 bits per heavy atom. The number of guanidine groups is 1. The molecule has 0 aromatic carbocycles. The second-order valence-electron chi connectivity index (χ2n) is 4.98. The average molecular weight is 276 g/mol. The Bertz CT molecular complexity index is 435. The molecule has 1 saturated carbocycles. The molecule has 1 fully saturated rings. The summed E-state index contributed by atoms with van der Waals surface area (Å²) < 4.78 is 5.68. The summed E-state index contributed by atoms with van der Waals surface area (Å²) in [6.45, 7) is 7.25. The van der Waals surface area contributed by atoms with Gasteiger partial charge in [0.05, 0.1) is 13.2 Å². The third-order valence-corrected chi connectivity index (χ3v) is 3.07. The second kappa shape index (κ2) is 7.72. The number of rotatable bonds is 7. The number of aromatic nitrogens is 1. The molecule has 0 saturated heterocycles. The number of hydrogen-bond donors (Lipinski definition) is 2. The second-order valence-corrected chi connectivity index (χ2v) is 4.98. The fraction of sp³-hybridized carbons (Fsp3) is 0.600. The lowest BCUT2D eigenvalue weighted by Gasteiger charge is -2.09. The monoisotopic (exact) mass is 276 g/mol. The third-order valence-electron chi connectivity index (χ3n) is 3.07. The Morgan fingerprint density at radius 1 is 1.35 bits per heavy atom. The van der Waals surface area contributed by atoms with Crippen LogP contribution in [0.1, 0.15) is 32.3 Å². The molecular weight excluding hydrogens is 252 g/mol. The van der Waals surface area contributed by atoms with E-state index < -0.39 is 0 Å². The largest absolute Gasteiger partial charge is 0.477 e. The van der Waals surface area contributed by atoms with Gasteiger partial charge in [0.25, 0.3) is 0 Å². The molecule has 1 heterocycles. The molecule has 2 N–H and O–H groups in total. The lowest BCUT2D eigenvalue weighted by atomic mass is 10.3. The van der Waals surface area contributed by atoms with Gasteiger partial charge in [0.15, 0.2) is 5.96 Å². The highest BCUT2D eigenvalue weighted by atomic mass is 16.5. The third kappa shape index (κ3) is 5.07. The standard InChI is InChI=1S/C15H24N4O/c1-3-16-15(17-4-2)19-10-13-7-8-18-14(9-13)20-11-12-5-6-12/h7-9,12H,3-6,10-11H2,1-2H3,(H2,16,17,19). The molecule has 0 radical (unpaired) electrons. The van der Waals surface area contributed by atoms with Crippen molar-refractivity contribution < 1.29 is 4.74 Å². The van der Waals surface area contributed by atoms with E-state index in [0.29, 0.717) is 12.4 Å². The van der Waals surface area contributed by atoms with E-state index in [4.69, 9.17) is 4.74 Å². The molecule has 0 spiro atoms. The molecule has 5 nitrogen and oxygen atoms in total. The number of nitrogens with one attached hydrogen (secondary N) is 2. The van der Waals surface area contributed by atoms with Crippen molar-refractivity contribution >= 4 is 5.96 Å². The lowest BCUT2D eigenvalue weighted by molar-refractivity contribution is 0.288. The SMILES string of the molecule is CCNC(=NCc1ccnc(OCC2CC2)c1)NCC. The molecule has 5 heteroatoms.